The van der Waals surface area contributed by atoms with E-state index in [1.54, 1.807) is 0 Å². The van der Waals surface area contributed by atoms with Gasteiger partial charge in [0.15, 0.2) is 0 Å². The lowest BCUT2D eigenvalue weighted by Gasteiger charge is -2.30. The molecule has 0 amide bonds. The van der Waals surface area contributed by atoms with Gasteiger partial charge < -0.3 is 20.0 Å². The smallest absolute Gasteiger partial charge is 0.128 e. The highest BCUT2D eigenvalue weighted by Crippen LogP contribution is 2.34. The molecule has 3 rings (SSSR count). The second kappa shape index (κ2) is 8.25. The van der Waals surface area contributed by atoms with E-state index in [1.807, 2.05) is 0 Å². The molecular formula is C19H32N2O2+2. The summed E-state index contributed by atoms with van der Waals surface area (Å²) in [5, 5.41) is 19.5. The van der Waals surface area contributed by atoms with E-state index in [9.17, 15) is 5.11 Å². The third kappa shape index (κ3) is 4.54. The van der Waals surface area contributed by atoms with Crippen molar-refractivity contribution in [1.29, 1.82) is 0 Å². The molecule has 2 aliphatic rings. The predicted molar refractivity (Wildman–Crippen MR) is 90.8 cm³/mol. The first-order valence-corrected chi connectivity index (χ1v) is 9.32. The first-order valence-electron chi connectivity index (χ1n) is 9.32. The molecule has 1 saturated heterocycles. The number of piperazine rings is 1. The molecular weight excluding hydrogens is 288 g/mol. The predicted octanol–water partition coefficient (Wildman–Crippen LogP) is -0.847. The molecule has 4 nitrogen and oxygen atoms in total. The number of benzene rings is 1. The Hall–Kier alpha value is -0.940. The summed E-state index contributed by atoms with van der Waals surface area (Å²) in [6.07, 6.45) is 5.02. The van der Waals surface area contributed by atoms with Gasteiger partial charge in [-0.05, 0) is 29.9 Å². The van der Waals surface area contributed by atoms with E-state index >= 15 is 0 Å². The maximum absolute atomic E-state index is 10.5. The van der Waals surface area contributed by atoms with Gasteiger partial charge in [-0.2, -0.15) is 0 Å². The van der Waals surface area contributed by atoms with Gasteiger partial charge in [0.2, 0.25) is 0 Å². The summed E-state index contributed by atoms with van der Waals surface area (Å²) in [4.78, 5) is 2.98. The van der Waals surface area contributed by atoms with Crippen molar-refractivity contribution in [3.8, 4) is 0 Å². The van der Waals surface area contributed by atoms with Gasteiger partial charge >= 0.3 is 0 Å². The van der Waals surface area contributed by atoms with Crippen molar-refractivity contribution in [1.82, 2.24) is 0 Å². The number of rotatable bonds is 6. The van der Waals surface area contributed by atoms with Gasteiger partial charge in [-0.1, -0.05) is 37.1 Å². The van der Waals surface area contributed by atoms with Crippen molar-refractivity contribution in [2.75, 3.05) is 45.9 Å². The summed E-state index contributed by atoms with van der Waals surface area (Å²) in [6.45, 7) is 6.32. The Kier molecular flexibility index (Phi) is 6.06. The van der Waals surface area contributed by atoms with Crippen LogP contribution in [-0.4, -0.2) is 56.1 Å². The molecule has 2 fully saturated rings. The van der Waals surface area contributed by atoms with Crippen LogP contribution in [-0.2, 0) is 0 Å². The van der Waals surface area contributed by atoms with Crippen molar-refractivity contribution in [2.24, 2.45) is 0 Å². The maximum Gasteiger partial charge on any atom is 0.128 e. The van der Waals surface area contributed by atoms with E-state index in [4.69, 9.17) is 5.11 Å². The van der Waals surface area contributed by atoms with Gasteiger partial charge in [0.1, 0.15) is 45.4 Å². The minimum atomic E-state index is -0.359. The molecule has 0 radical (unpaired) electrons. The molecule has 0 bridgehead atoms. The Morgan fingerprint density at radius 1 is 0.957 bits per heavy atom. The molecule has 1 saturated carbocycles. The van der Waals surface area contributed by atoms with Gasteiger partial charge in [-0.3, -0.25) is 0 Å². The van der Waals surface area contributed by atoms with Crippen LogP contribution in [0.2, 0.25) is 0 Å². The molecule has 23 heavy (non-hydrogen) atoms. The Morgan fingerprint density at radius 2 is 1.57 bits per heavy atom. The second-order valence-corrected chi connectivity index (χ2v) is 7.34. The van der Waals surface area contributed by atoms with E-state index < -0.39 is 0 Å². The molecule has 0 spiro atoms. The first kappa shape index (κ1) is 16.9. The normalized spacial score (nSPS) is 27.2. The molecule has 1 atom stereocenters. The highest BCUT2D eigenvalue weighted by atomic mass is 16.3. The Balaban J connectivity index is 1.49. The van der Waals surface area contributed by atoms with E-state index in [-0.39, 0.29) is 12.7 Å². The van der Waals surface area contributed by atoms with Crippen molar-refractivity contribution >= 4 is 0 Å². The molecule has 4 heteroatoms. The lowest BCUT2D eigenvalue weighted by Crippen LogP contribution is -3.28. The minimum Gasteiger partial charge on any atom is -0.391 e. The van der Waals surface area contributed by atoms with Crippen LogP contribution in [0.25, 0.3) is 0 Å². The minimum absolute atomic E-state index is 0.278. The number of aliphatic hydroxyl groups is 2. The van der Waals surface area contributed by atoms with Crippen LogP contribution >= 0.6 is 0 Å². The summed E-state index contributed by atoms with van der Waals surface area (Å²) in [7, 11) is 0. The third-order valence-electron chi connectivity index (χ3n) is 5.76. The van der Waals surface area contributed by atoms with Crippen LogP contribution in [0.3, 0.4) is 0 Å². The molecule has 1 aromatic rings. The first-order chi connectivity index (χ1) is 11.3. The summed E-state index contributed by atoms with van der Waals surface area (Å²) >= 11 is 0. The third-order valence-corrected chi connectivity index (χ3v) is 5.76. The zero-order chi connectivity index (χ0) is 16.1. The molecule has 4 N–H and O–H groups in total. The Morgan fingerprint density at radius 3 is 2.17 bits per heavy atom. The zero-order valence-corrected chi connectivity index (χ0v) is 14.1. The van der Waals surface area contributed by atoms with E-state index in [1.165, 1.54) is 41.0 Å². The summed E-state index contributed by atoms with van der Waals surface area (Å²) < 4.78 is 0. The van der Waals surface area contributed by atoms with E-state index in [2.05, 4.69) is 24.3 Å². The van der Waals surface area contributed by atoms with Gasteiger partial charge in [0.05, 0.1) is 6.61 Å². The number of quaternary nitrogens is 2. The average Bonchev–Trinajstić information content (AvgIpc) is 3.11. The lowest BCUT2D eigenvalue weighted by atomic mass is 9.95. The van der Waals surface area contributed by atoms with Crippen LogP contribution < -0.4 is 9.80 Å². The molecule has 0 aromatic heterocycles. The van der Waals surface area contributed by atoms with Gasteiger partial charge in [-0.25, -0.2) is 0 Å². The maximum atomic E-state index is 10.5. The molecule has 128 valence electrons. The monoisotopic (exact) mass is 320 g/mol. The Bertz CT molecular complexity index is 463. The molecule has 1 heterocycles. The highest BCUT2D eigenvalue weighted by molar-refractivity contribution is 5.27. The summed E-state index contributed by atoms with van der Waals surface area (Å²) in [5.41, 5.74) is 2.51. The van der Waals surface area contributed by atoms with Crippen molar-refractivity contribution in [3.63, 3.8) is 0 Å². The van der Waals surface area contributed by atoms with Crippen molar-refractivity contribution in [2.45, 2.75) is 37.7 Å². The second-order valence-electron chi connectivity index (χ2n) is 7.34. The van der Waals surface area contributed by atoms with E-state index in [0.717, 1.165) is 50.7 Å². The number of nitrogens with one attached hydrogen (secondary N) is 2. The van der Waals surface area contributed by atoms with Crippen molar-refractivity contribution < 1.29 is 20.0 Å². The topological polar surface area (TPSA) is 49.3 Å². The molecule has 1 aromatic carbocycles. The molecule has 1 aliphatic heterocycles. The highest BCUT2D eigenvalue weighted by Gasteiger charge is 2.25. The van der Waals surface area contributed by atoms with Crippen LogP contribution in [0.4, 0.5) is 0 Å². The van der Waals surface area contributed by atoms with E-state index in [0.29, 0.717) is 0 Å². The van der Waals surface area contributed by atoms with Gasteiger partial charge in [0.25, 0.3) is 0 Å². The summed E-state index contributed by atoms with van der Waals surface area (Å²) in [6, 6.07) is 8.72. The molecule has 1 aliphatic carbocycles. The SMILES string of the molecule is OCC[NH+]1CC[NH+](C[C@H](O)c2ccc(C3CCCC3)cc2)CC1. The van der Waals surface area contributed by atoms with Crippen LogP contribution in [0.5, 0.6) is 0 Å². The fraction of sp³-hybridized carbons (Fsp3) is 0.684. The lowest BCUT2D eigenvalue weighted by molar-refractivity contribution is -1.01. The van der Waals surface area contributed by atoms with Gasteiger partial charge in [0, 0.05) is 0 Å². The van der Waals surface area contributed by atoms with Crippen LogP contribution in [0, 0.1) is 0 Å². The fourth-order valence-electron chi connectivity index (χ4n) is 4.21. The van der Waals surface area contributed by atoms with Crippen LogP contribution in [0.1, 0.15) is 48.8 Å². The summed E-state index contributed by atoms with van der Waals surface area (Å²) in [5.74, 6) is 0.745. The van der Waals surface area contributed by atoms with Crippen molar-refractivity contribution in [3.05, 3.63) is 35.4 Å². The average molecular weight is 320 g/mol. The number of hydrogen-bond donors (Lipinski definition) is 4. The standard InChI is InChI=1S/C19H30N2O2/c22-14-13-20-9-11-21(12-10-20)15-19(23)18-7-5-17(6-8-18)16-3-1-2-4-16/h5-8,16,19,22-23H,1-4,9-15H2/p+2/t19-/m0/s1. The number of hydrogen-bond acceptors (Lipinski definition) is 2. The van der Waals surface area contributed by atoms with Gasteiger partial charge in [-0.15, -0.1) is 0 Å². The molecule has 0 unspecified atom stereocenters. The fourth-order valence-corrected chi connectivity index (χ4v) is 4.21. The number of aliphatic hydroxyl groups excluding tert-OH is 2. The van der Waals surface area contributed by atoms with Crippen LogP contribution in [0.15, 0.2) is 24.3 Å². The largest absolute Gasteiger partial charge is 0.391 e. The quantitative estimate of drug-likeness (QED) is 0.552. The zero-order valence-electron chi connectivity index (χ0n) is 14.1. The Labute approximate surface area is 139 Å².